The molecule has 0 aliphatic rings. The van der Waals surface area contributed by atoms with Gasteiger partial charge in [0.05, 0.1) is 0 Å². The average molecular weight is 325 g/mol. The molecule has 0 amide bonds. The summed E-state index contributed by atoms with van der Waals surface area (Å²) in [5, 5.41) is 11.8. The van der Waals surface area contributed by atoms with Gasteiger partial charge in [-0.2, -0.15) is 0 Å². The van der Waals surface area contributed by atoms with Crippen LogP contribution in [-0.2, 0) is 0 Å². The van der Waals surface area contributed by atoms with Gasteiger partial charge in [0, 0.05) is 40.6 Å². The lowest BCUT2D eigenvalue weighted by Gasteiger charge is -2.04. The van der Waals surface area contributed by atoms with Gasteiger partial charge in [-0.3, -0.25) is 0 Å². The van der Waals surface area contributed by atoms with Gasteiger partial charge in [0.15, 0.2) is 0 Å². The van der Waals surface area contributed by atoms with E-state index in [-0.39, 0.29) is 5.75 Å². The fourth-order valence-corrected chi connectivity index (χ4v) is 3.27. The van der Waals surface area contributed by atoms with Crippen molar-refractivity contribution in [3.8, 4) is 28.0 Å². The molecule has 0 bridgehead atoms. The monoisotopic (exact) mass is 325 g/mol. The van der Waals surface area contributed by atoms with E-state index in [1.807, 2.05) is 30.7 Å². The highest BCUT2D eigenvalue weighted by atomic mass is 16.3. The van der Waals surface area contributed by atoms with Crippen molar-refractivity contribution in [1.29, 1.82) is 0 Å². The molecule has 3 N–H and O–H groups in total. The van der Waals surface area contributed by atoms with Gasteiger partial charge in [-0.15, -0.1) is 0 Å². The average Bonchev–Trinajstić information content (AvgIpc) is 3.28. The maximum absolute atomic E-state index is 9.51. The molecule has 0 spiro atoms. The Morgan fingerprint density at radius 2 is 1.64 bits per heavy atom. The summed E-state index contributed by atoms with van der Waals surface area (Å²) in [6, 6.07) is 17.8. The number of nitrogens with zero attached hydrogens (tertiary/aromatic N) is 1. The minimum Gasteiger partial charge on any atom is -0.508 e. The third kappa shape index (κ3) is 2.27. The summed E-state index contributed by atoms with van der Waals surface area (Å²) in [6.45, 7) is 0. The lowest BCUT2D eigenvalue weighted by molar-refractivity contribution is 0.475. The van der Waals surface area contributed by atoms with Gasteiger partial charge < -0.3 is 15.1 Å². The summed E-state index contributed by atoms with van der Waals surface area (Å²) in [5.41, 5.74) is 6.32. The lowest BCUT2D eigenvalue weighted by atomic mass is 10.0. The van der Waals surface area contributed by atoms with E-state index in [1.165, 1.54) is 5.39 Å². The number of benzene rings is 2. The molecule has 0 aliphatic carbocycles. The number of fused-ring (bicyclic) bond motifs is 2. The molecule has 4 nitrogen and oxygen atoms in total. The molecule has 5 rings (SSSR count). The van der Waals surface area contributed by atoms with Crippen LogP contribution in [0.25, 0.3) is 44.2 Å². The molecule has 0 aliphatic heterocycles. The zero-order valence-corrected chi connectivity index (χ0v) is 13.3. The molecular formula is C21H15N3O. The van der Waals surface area contributed by atoms with E-state index in [9.17, 15) is 5.11 Å². The highest BCUT2D eigenvalue weighted by molar-refractivity contribution is 5.96. The second-order valence-corrected chi connectivity index (χ2v) is 6.15. The number of aromatic amines is 2. The first kappa shape index (κ1) is 13.9. The summed E-state index contributed by atoms with van der Waals surface area (Å²) in [7, 11) is 0. The van der Waals surface area contributed by atoms with Crippen molar-refractivity contribution >= 4 is 21.9 Å². The van der Waals surface area contributed by atoms with E-state index in [0.29, 0.717) is 0 Å². The molecule has 120 valence electrons. The van der Waals surface area contributed by atoms with Crippen LogP contribution in [0, 0.1) is 0 Å². The number of hydrogen-bond acceptors (Lipinski definition) is 2. The van der Waals surface area contributed by atoms with Gasteiger partial charge in [-0.25, -0.2) is 4.98 Å². The van der Waals surface area contributed by atoms with E-state index >= 15 is 0 Å². The summed E-state index contributed by atoms with van der Waals surface area (Å²) in [6.07, 6.45) is 5.81. The van der Waals surface area contributed by atoms with E-state index in [1.54, 1.807) is 12.1 Å². The van der Waals surface area contributed by atoms with E-state index in [4.69, 9.17) is 0 Å². The maximum Gasteiger partial charge on any atom is 0.137 e. The Bertz CT molecular complexity index is 1200. The molecule has 3 aromatic heterocycles. The molecule has 3 heterocycles. The van der Waals surface area contributed by atoms with Gasteiger partial charge in [0.1, 0.15) is 11.4 Å². The number of hydrogen-bond donors (Lipinski definition) is 3. The zero-order chi connectivity index (χ0) is 16.8. The van der Waals surface area contributed by atoms with Crippen molar-refractivity contribution in [3.05, 3.63) is 73.2 Å². The number of aromatic hydroxyl groups is 1. The van der Waals surface area contributed by atoms with Gasteiger partial charge in [-0.05, 0) is 52.9 Å². The summed E-state index contributed by atoms with van der Waals surface area (Å²) in [5.74, 6) is 0.266. The summed E-state index contributed by atoms with van der Waals surface area (Å²) >= 11 is 0. The Balaban J connectivity index is 1.67. The molecule has 4 heteroatoms. The van der Waals surface area contributed by atoms with Crippen LogP contribution >= 0.6 is 0 Å². The van der Waals surface area contributed by atoms with Crippen LogP contribution < -0.4 is 0 Å². The second-order valence-electron chi connectivity index (χ2n) is 6.15. The van der Waals surface area contributed by atoms with Crippen molar-refractivity contribution in [1.82, 2.24) is 15.0 Å². The summed E-state index contributed by atoms with van der Waals surface area (Å²) in [4.78, 5) is 11.0. The van der Waals surface area contributed by atoms with Crippen molar-refractivity contribution in [2.75, 3.05) is 0 Å². The number of phenols is 1. The second kappa shape index (κ2) is 5.24. The van der Waals surface area contributed by atoms with Crippen molar-refractivity contribution in [3.63, 3.8) is 0 Å². The van der Waals surface area contributed by atoms with Crippen LogP contribution in [0.15, 0.2) is 73.2 Å². The van der Waals surface area contributed by atoms with E-state index < -0.39 is 0 Å². The van der Waals surface area contributed by atoms with Gasteiger partial charge >= 0.3 is 0 Å². The predicted octanol–water partition coefficient (Wildman–Crippen LogP) is 5.08. The van der Waals surface area contributed by atoms with Crippen LogP contribution in [-0.4, -0.2) is 20.1 Å². The number of H-pyrrole nitrogens is 2. The highest BCUT2D eigenvalue weighted by Gasteiger charge is 2.09. The minimum atomic E-state index is 0.266. The van der Waals surface area contributed by atoms with Crippen molar-refractivity contribution in [2.24, 2.45) is 0 Å². The molecule has 0 radical (unpaired) electrons. The van der Waals surface area contributed by atoms with Crippen LogP contribution in [0.3, 0.4) is 0 Å². The van der Waals surface area contributed by atoms with E-state index in [0.717, 1.165) is 38.8 Å². The van der Waals surface area contributed by atoms with Crippen LogP contribution in [0.2, 0.25) is 0 Å². The first-order chi connectivity index (χ1) is 12.3. The van der Waals surface area contributed by atoms with Gasteiger partial charge in [0.2, 0.25) is 0 Å². The molecule has 25 heavy (non-hydrogen) atoms. The first-order valence-corrected chi connectivity index (χ1v) is 8.12. The third-order valence-electron chi connectivity index (χ3n) is 4.60. The molecule has 5 aromatic rings. The fourth-order valence-electron chi connectivity index (χ4n) is 3.27. The largest absolute Gasteiger partial charge is 0.508 e. The normalized spacial score (nSPS) is 11.4. The fraction of sp³-hybridized carbons (Fsp3) is 0. The SMILES string of the molecule is Oc1ccc(-c2c[nH]c3ncc(-c4ccc5[nH]ccc5c4)cc23)cc1. The lowest BCUT2D eigenvalue weighted by Crippen LogP contribution is -1.83. The Morgan fingerprint density at radius 1 is 0.800 bits per heavy atom. The predicted molar refractivity (Wildman–Crippen MR) is 100 cm³/mol. The summed E-state index contributed by atoms with van der Waals surface area (Å²) < 4.78 is 0. The number of nitrogens with one attached hydrogen (secondary N) is 2. The quantitative estimate of drug-likeness (QED) is 0.423. The van der Waals surface area contributed by atoms with Gasteiger partial charge in [-0.1, -0.05) is 18.2 Å². The Morgan fingerprint density at radius 3 is 2.52 bits per heavy atom. The third-order valence-corrected chi connectivity index (χ3v) is 4.60. The minimum absolute atomic E-state index is 0.266. The number of phenolic OH excluding ortho intramolecular Hbond substituents is 1. The number of rotatable bonds is 2. The molecular weight excluding hydrogens is 310 g/mol. The van der Waals surface area contributed by atoms with Crippen LogP contribution in [0.5, 0.6) is 5.75 Å². The Labute approximate surface area is 143 Å². The molecule has 0 atom stereocenters. The van der Waals surface area contributed by atoms with Gasteiger partial charge in [0.25, 0.3) is 0 Å². The number of aromatic nitrogens is 3. The standard InChI is InChI=1S/C21H15N3O/c25-17-4-1-13(2-5-17)19-12-24-21-18(19)10-16(11-23-21)14-3-6-20-15(9-14)7-8-22-20/h1-12,22,25H,(H,23,24). The Hall–Kier alpha value is -3.53. The first-order valence-electron chi connectivity index (χ1n) is 8.12. The smallest absolute Gasteiger partial charge is 0.137 e. The van der Waals surface area contributed by atoms with E-state index in [2.05, 4.69) is 45.3 Å². The van der Waals surface area contributed by atoms with Crippen LogP contribution in [0.4, 0.5) is 0 Å². The van der Waals surface area contributed by atoms with Crippen molar-refractivity contribution in [2.45, 2.75) is 0 Å². The molecule has 0 saturated carbocycles. The highest BCUT2D eigenvalue weighted by Crippen LogP contribution is 2.32. The maximum atomic E-state index is 9.51. The zero-order valence-electron chi connectivity index (χ0n) is 13.3. The topological polar surface area (TPSA) is 64.7 Å². The van der Waals surface area contributed by atoms with Crippen LogP contribution in [0.1, 0.15) is 0 Å². The Kier molecular flexibility index (Phi) is 2.91. The number of pyridine rings is 1. The molecule has 0 saturated heterocycles. The molecule has 0 unspecified atom stereocenters. The molecule has 0 fully saturated rings. The molecule has 2 aromatic carbocycles. The van der Waals surface area contributed by atoms with Crippen molar-refractivity contribution < 1.29 is 5.11 Å².